The van der Waals surface area contributed by atoms with E-state index in [1.54, 1.807) is 24.3 Å². The molecule has 0 aliphatic carbocycles. The van der Waals surface area contributed by atoms with Crippen molar-refractivity contribution in [2.75, 3.05) is 41.7 Å². The Morgan fingerprint density at radius 1 is 0.714 bits per heavy atom. The Labute approximate surface area is 126 Å². The standard InChI is InChI=1S/C15H22N6/c1-5-9-20(10-6-2)14-17-13(16)18-15(19-14)21(11-7-3)12-8-4/h5-8H,1-4,9-12H2,(H2,16,17,18,19). The van der Waals surface area contributed by atoms with Crippen molar-refractivity contribution < 1.29 is 0 Å². The van der Waals surface area contributed by atoms with Crippen LogP contribution in [0.3, 0.4) is 0 Å². The number of anilines is 3. The van der Waals surface area contributed by atoms with Gasteiger partial charge in [-0.3, -0.25) is 0 Å². The first-order valence-electron chi connectivity index (χ1n) is 6.61. The van der Waals surface area contributed by atoms with Crippen molar-refractivity contribution >= 4 is 17.8 Å². The van der Waals surface area contributed by atoms with Gasteiger partial charge in [-0.1, -0.05) is 24.3 Å². The van der Waals surface area contributed by atoms with Crippen LogP contribution in [0.15, 0.2) is 50.6 Å². The van der Waals surface area contributed by atoms with Crippen LogP contribution in [0.25, 0.3) is 0 Å². The Balaban J connectivity index is 3.16. The number of rotatable bonds is 10. The van der Waals surface area contributed by atoms with Gasteiger partial charge in [-0.2, -0.15) is 15.0 Å². The highest BCUT2D eigenvalue weighted by molar-refractivity contribution is 5.45. The van der Waals surface area contributed by atoms with Gasteiger partial charge in [0.2, 0.25) is 17.8 Å². The lowest BCUT2D eigenvalue weighted by Gasteiger charge is -2.23. The van der Waals surface area contributed by atoms with Gasteiger partial charge >= 0.3 is 0 Å². The molecule has 0 unspecified atom stereocenters. The molecule has 1 aromatic heterocycles. The summed E-state index contributed by atoms with van der Waals surface area (Å²) in [5.41, 5.74) is 5.80. The summed E-state index contributed by atoms with van der Waals surface area (Å²) in [5.74, 6) is 1.16. The summed E-state index contributed by atoms with van der Waals surface area (Å²) < 4.78 is 0. The highest BCUT2D eigenvalue weighted by Crippen LogP contribution is 2.15. The maximum Gasteiger partial charge on any atom is 0.232 e. The van der Waals surface area contributed by atoms with Crippen molar-refractivity contribution in [3.05, 3.63) is 50.6 Å². The summed E-state index contributed by atoms with van der Waals surface area (Å²) in [6, 6.07) is 0. The van der Waals surface area contributed by atoms with Crippen LogP contribution in [0.5, 0.6) is 0 Å². The summed E-state index contributed by atoms with van der Waals surface area (Å²) >= 11 is 0. The first-order valence-corrected chi connectivity index (χ1v) is 6.61. The third-order valence-corrected chi connectivity index (χ3v) is 2.59. The maximum absolute atomic E-state index is 5.80. The van der Waals surface area contributed by atoms with E-state index in [1.807, 2.05) is 9.80 Å². The zero-order valence-corrected chi connectivity index (χ0v) is 12.3. The van der Waals surface area contributed by atoms with Gasteiger partial charge in [0.15, 0.2) is 0 Å². The Kier molecular flexibility index (Phi) is 6.67. The summed E-state index contributed by atoms with van der Waals surface area (Å²) in [4.78, 5) is 16.6. The van der Waals surface area contributed by atoms with Crippen LogP contribution in [-0.4, -0.2) is 41.1 Å². The Morgan fingerprint density at radius 3 is 1.33 bits per heavy atom. The lowest BCUT2D eigenvalue weighted by Crippen LogP contribution is -2.30. The fourth-order valence-corrected chi connectivity index (χ4v) is 1.75. The molecule has 1 aromatic rings. The average molecular weight is 286 g/mol. The van der Waals surface area contributed by atoms with Gasteiger partial charge in [-0.05, 0) is 0 Å². The minimum Gasteiger partial charge on any atom is -0.368 e. The smallest absolute Gasteiger partial charge is 0.232 e. The van der Waals surface area contributed by atoms with E-state index in [0.717, 1.165) is 0 Å². The molecule has 0 atom stereocenters. The molecule has 0 bridgehead atoms. The molecule has 0 spiro atoms. The third kappa shape index (κ3) is 4.76. The predicted octanol–water partition coefficient (Wildman–Crippen LogP) is 1.81. The molecule has 1 heterocycles. The number of nitrogens with two attached hydrogens (primary N) is 1. The molecule has 0 aromatic carbocycles. The van der Waals surface area contributed by atoms with E-state index in [4.69, 9.17) is 5.73 Å². The zero-order valence-electron chi connectivity index (χ0n) is 12.3. The van der Waals surface area contributed by atoms with Crippen molar-refractivity contribution in [2.24, 2.45) is 0 Å². The second-order valence-electron chi connectivity index (χ2n) is 4.26. The summed E-state index contributed by atoms with van der Waals surface area (Å²) in [7, 11) is 0. The van der Waals surface area contributed by atoms with Gasteiger partial charge in [0.05, 0.1) is 0 Å². The topological polar surface area (TPSA) is 71.2 Å². The third-order valence-electron chi connectivity index (χ3n) is 2.59. The minimum absolute atomic E-state index is 0.172. The second-order valence-corrected chi connectivity index (χ2v) is 4.26. The number of hydrogen-bond donors (Lipinski definition) is 1. The highest BCUT2D eigenvalue weighted by atomic mass is 15.3. The van der Waals surface area contributed by atoms with Crippen LogP contribution < -0.4 is 15.5 Å². The molecule has 0 radical (unpaired) electrons. The van der Waals surface area contributed by atoms with Crippen molar-refractivity contribution in [2.45, 2.75) is 0 Å². The SMILES string of the molecule is C=CCN(CC=C)c1nc(N)nc(N(CC=C)CC=C)n1. The molecule has 6 heteroatoms. The van der Waals surface area contributed by atoms with E-state index in [9.17, 15) is 0 Å². The molecule has 0 fully saturated rings. The summed E-state index contributed by atoms with van der Waals surface area (Å²) in [6.07, 6.45) is 7.09. The van der Waals surface area contributed by atoms with Crippen molar-refractivity contribution in [1.29, 1.82) is 0 Å². The number of aromatic nitrogens is 3. The molecule has 0 aliphatic rings. The van der Waals surface area contributed by atoms with E-state index in [0.29, 0.717) is 38.1 Å². The molecule has 1 rings (SSSR count). The maximum atomic E-state index is 5.80. The Bertz CT molecular complexity index is 449. The molecular weight excluding hydrogens is 264 g/mol. The summed E-state index contributed by atoms with van der Waals surface area (Å²) in [6.45, 7) is 17.3. The first-order chi connectivity index (χ1) is 10.2. The van der Waals surface area contributed by atoms with Crippen LogP contribution in [0.4, 0.5) is 17.8 Å². The van der Waals surface area contributed by atoms with Gasteiger partial charge in [0, 0.05) is 26.2 Å². The first kappa shape index (κ1) is 16.4. The van der Waals surface area contributed by atoms with Crippen LogP contribution in [0, 0.1) is 0 Å². The van der Waals surface area contributed by atoms with Crippen molar-refractivity contribution in [1.82, 2.24) is 15.0 Å². The largest absolute Gasteiger partial charge is 0.368 e. The van der Waals surface area contributed by atoms with E-state index in [1.165, 1.54) is 0 Å². The average Bonchev–Trinajstić information content (AvgIpc) is 2.46. The van der Waals surface area contributed by atoms with Crippen LogP contribution in [0.2, 0.25) is 0 Å². The molecular formula is C15H22N6. The Hall–Kier alpha value is -2.63. The Morgan fingerprint density at radius 2 is 1.05 bits per heavy atom. The molecule has 21 heavy (non-hydrogen) atoms. The van der Waals surface area contributed by atoms with Crippen molar-refractivity contribution in [3.63, 3.8) is 0 Å². The van der Waals surface area contributed by atoms with Gasteiger partial charge in [-0.25, -0.2) is 0 Å². The van der Waals surface area contributed by atoms with Crippen molar-refractivity contribution in [3.8, 4) is 0 Å². The number of nitrogen functional groups attached to an aromatic ring is 1. The van der Waals surface area contributed by atoms with Gasteiger partial charge in [0.25, 0.3) is 0 Å². The monoisotopic (exact) mass is 286 g/mol. The van der Waals surface area contributed by atoms with E-state index >= 15 is 0 Å². The second kappa shape index (κ2) is 8.52. The summed E-state index contributed by atoms with van der Waals surface area (Å²) in [5, 5.41) is 0. The van der Waals surface area contributed by atoms with Crippen LogP contribution in [-0.2, 0) is 0 Å². The molecule has 2 N–H and O–H groups in total. The highest BCUT2D eigenvalue weighted by Gasteiger charge is 2.14. The van der Waals surface area contributed by atoms with Gasteiger partial charge in [0.1, 0.15) is 0 Å². The molecule has 0 amide bonds. The molecule has 6 nitrogen and oxygen atoms in total. The van der Waals surface area contributed by atoms with E-state index in [2.05, 4.69) is 41.3 Å². The molecule has 0 saturated heterocycles. The lowest BCUT2D eigenvalue weighted by molar-refractivity contribution is 0.836. The fourth-order valence-electron chi connectivity index (χ4n) is 1.75. The van der Waals surface area contributed by atoms with Crippen LogP contribution in [0.1, 0.15) is 0 Å². The van der Waals surface area contributed by atoms with Gasteiger partial charge in [-0.15, -0.1) is 26.3 Å². The lowest BCUT2D eigenvalue weighted by atomic mass is 10.4. The predicted molar refractivity (Wildman–Crippen MR) is 89.5 cm³/mol. The molecule has 112 valence electrons. The minimum atomic E-state index is 0.172. The molecule has 0 aliphatic heterocycles. The molecule has 0 saturated carbocycles. The van der Waals surface area contributed by atoms with E-state index < -0.39 is 0 Å². The van der Waals surface area contributed by atoms with E-state index in [-0.39, 0.29) is 5.95 Å². The zero-order chi connectivity index (χ0) is 15.7. The number of hydrogen-bond acceptors (Lipinski definition) is 6. The van der Waals surface area contributed by atoms with Gasteiger partial charge < -0.3 is 15.5 Å². The normalized spacial score (nSPS) is 9.71. The van der Waals surface area contributed by atoms with Crippen LogP contribution >= 0.6 is 0 Å². The fraction of sp³-hybridized carbons (Fsp3) is 0.267. The number of nitrogens with zero attached hydrogens (tertiary/aromatic N) is 5. The quantitative estimate of drug-likeness (QED) is 0.661.